The Bertz CT molecular complexity index is 608. The first-order valence-electron chi connectivity index (χ1n) is 11.3. The number of aliphatic imine (C=N–C) groups is 1. The van der Waals surface area contributed by atoms with Crippen LogP contribution in [0.15, 0.2) is 17.4 Å². The third-order valence-electron chi connectivity index (χ3n) is 6.40. The van der Waals surface area contributed by atoms with Crippen LogP contribution in [0.25, 0.3) is 0 Å². The number of piperidine rings is 1. The molecule has 1 saturated heterocycles. The number of hydrogen-bond donors (Lipinski definition) is 2. The van der Waals surface area contributed by atoms with Gasteiger partial charge in [-0.25, -0.2) is 4.98 Å². The summed E-state index contributed by atoms with van der Waals surface area (Å²) in [6.07, 6.45) is 14.8. The Balaban J connectivity index is 1.57. The Morgan fingerprint density at radius 2 is 1.82 bits per heavy atom. The van der Waals surface area contributed by atoms with E-state index in [0.29, 0.717) is 18.0 Å². The van der Waals surface area contributed by atoms with Crippen molar-refractivity contribution in [2.24, 2.45) is 10.9 Å². The van der Waals surface area contributed by atoms with Crippen LogP contribution in [-0.4, -0.2) is 52.6 Å². The molecule has 1 aromatic rings. The summed E-state index contributed by atoms with van der Waals surface area (Å²) in [5.74, 6) is 2.57. The van der Waals surface area contributed by atoms with Crippen LogP contribution in [-0.2, 0) is 13.1 Å². The number of rotatable bonds is 7. The molecule has 0 radical (unpaired) electrons. The van der Waals surface area contributed by atoms with E-state index in [9.17, 15) is 0 Å². The number of likely N-dealkylation sites (tertiary alicyclic amines) is 1. The first-order chi connectivity index (χ1) is 13.6. The van der Waals surface area contributed by atoms with Gasteiger partial charge in [-0.15, -0.1) is 0 Å². The maximum Gasteiger partial charge on any atom is 0.191 e. The van der Waals surface area contributed by atoms with Gasteiger partial charge in [0.15, 0.2) is 5.96 Å². The van der Waals surface area contributed by atoms with Gasteiger partial charge in [-0.05, 0) is 44.7 Å². The van der Waals surface area contributed by atoms with Gasteiger partial charge in [-0.1, -0.05) is 39.5 Å². The molecule has 0 aromatic carbocycles. The number of hydrogen-bond acceptors (Lipinski definition) is 3. The molecule has 0 spiro atoms. The summed E-state index contributed by atoms with van der Waals surface area (Å²) in [5.41, 5.74) is 0.312. The van der Waals surface area contributed by atoms with E-state index in [1.54, 1.807) is 0 Å². The van der Waals surface area contributed by atoms with Crippen LogP contribution in [0.1, 0.15) is 71.0 Å². The molecule has 28 heavy (non-hydrogen) atoms. The van der Waals surface area contributed by atoms with Gasteiger partial charge in [0.1, 0.15) is 5.82 Å². The zero-order chi connectivity index (χ0) is 19.8. The SMILES string of the molecule is CN=C(NCc1nccn1CC(C)C)NCC1(N2CCCCC2)CCCCC1. The topological polar surface area (TPSA) is 57.5 Å². The maximum absolute atomic E-state index is 4.52. The van der Waals surface area contributed by atoms with E-state index >= 15 is 0 Å². The molecular formula is C22H40N6. The fourth-order valence-electron chi connectivity index (χ4n) is 4.88. The molecule has 1 aromatic heterocycles. The van der Waals surface area contributed by atoms with Crippen LogP contribution in [0.4, 0.5) is 0 Å². The highest BCUT2D eigenvalue weighted by molar-refractivity contribution is 5.79. The molecule has 0 amide bonds. The van der Waals surface area contributed by atoms with Crippen molar-refractivity contribution in [1.29, 1.82) is 0 Å². The lowest BCUT2D eigenvalue weighted by atomic mass is 9.79. The average molecular weight is 389 g/mol. The van der Waals surface area contributed by atoms with Crippen LogP contribution in [0.5, 0.6) is 0 Å². The Kier molecular flexibility index (Phi) is 7.77. The lowest BCUT2D eigenvalue weighted by Crippen LogP contribution is -2.59. The Morgan fingerprint density at radius 3 is 2.50 bits per heavy atom. The van der Waals surface area contributed by atoms with E-state index in [-0.39, 0.29) is 0 Å². The van der Waals surface area contributed by atoms with Crippen LogP contribution in [0.3, 0.4) is 0 Å². The van der Waals surface area contributed by atoms with Crippen molar-refractivity contribution in [2.75, 3.05) is 26.7 Å². The Hall–Kier alpha value is -1.56. The molecule has 1 aliphatic carbocycles. The number of nitrogens with one attached hydrogen (secondary N) is 2. The molecule has 6 nitrogen and oxygen atoms in total. The molecule has 2 N–H and O–H groups in total. The predicted molar refractivity (Wildman–Crippen MR) is 117 cm³/mol. The second-order valence-corrected chi connectivity index (χ2v) is 9.00. The molecule has 158 valence electrons. The quantitative estimate of drug-likeness (QED) is 0.555. The van der Waals surface area contributed by atoms with Gasteiger partial charge in [0.05, 0.1) is 6.54 Å². The van der Waals surface area contributed by atoms with Crippen molar-refractivity contribution >= 4 is 5.96 Å². The zero-order valence-electron chi connectivity index (χ0n) is 18.2. The third-order valence-corrected chi connectivity index (χ3v) is 6.40. The smallest absolute Gasteiger partial charge is 0.191 e. The molecule has 0 bridgehead atoms. The molecule has 0 atom stereocenters. The van der Waals surface area contributed by atoms with Crippen molar-refractivity contribution in [1.82, 2.24) is 25.1 Å². The fourth-order valence-corrected chi connectivity index (χ4v) is 4.88. The third kappa shape index (κ3) is 5.49. The van der Waals surface area contributed by atoms with Gasteiger partial charge in [0.25, 0.3) is 0 Å². The van der Waals surface area contributed by atoms with Gasteiger partial charge in [0.2, 0.25) is 0 Å². The number of imidazole rings is 1. The monoisotopic (exact) mass is 388 g/mol. The van der Waals surface area contributed by atoms with Gasteiger partial charge in [-0.2, -0.15) is 0 Å². The van der Waals surface area contributed by atoms with E-state index < -0.39 is 0 Å². The standard InChI is InChI=1S/C22H40N6/c1-19(2)17-27-15-12-24-20(27)16-25-21(23-3)26-18-22(10-6-4-7-11-22)28-13-8-5-9-14-28/h12,15,19H,4-11,13-14,16-18H2,1-3H3,(H2,23,25,26). The molecule has 0 unspecified atom stereocenters. The normalized spacial score (nSPS) is 21.1. The molecule has 1 aliphatic heterocycles. The molecule has 2 fully saturated rings. The molecule has 2 aliphatic rings. The summed E-state index contributed by atoms with van der Waals surface area (Å²) in [6, 6.07) is 0. The van der Waals surface area contributed by atoms with Gasteiger partial charge < -0.3 is 15.2 Å². The van der Waals surface area contributed by atoms with Crippen LogP contribution < -0.4 is 10.6 Å². The number of guanidine groups is 1. The van der Waals surface area contributed by atoms with E-state index in [0.717, 1.165) is 24.9 Å². The predicted octanol–water partition coefficient (Wildman–Crippen LogP) is 3.39. The molecule has 1 saturated carbocycles. The summed E-state index contributed by atoms with van der Waals surface area (Å²) >= 11 is 0. The minimum absolute atomic E-state index is 0.312. The highest BCUT2D eigenvalue weighted by atomic mass is 15.3. The van der Waals surface area contributed by atoms with Gasteiger partial charge in [0, 0.05) is 38.1 Å². The molecular weight excluding hydrogens is 348 g/mol. The second kappa shape index (κ2) is 10.3. The lowest BCUT2D eigenvalue weighted by molar-refractivity contribution is 0.0368. The Labute approximate surface area is 171 Å². The lowest BCUT2D eigenvalue weighted by Gasteiger charge is -2.48. The minimum atomic E-state index is 0.312. The first-order valence-corrected chi connectivity index (χ1v) is 11.3. The first kappa shape index (κ1) is 21.2. The summed E-state index contributed by atoms with van der Waals surface area (Å²) in [5, 5.41) is 7.14. The fraction of sp³-hybridized carbons (Fsp3) is 0.818. The van der Waals surface area contributed by atoms with Crippen LogP contribution >= 0.6 is 0 Å². The summed E-state index contributed by atoms with van der Waals surface area (Å²) in [4.78, 5) is 11.8. The van der Waals surface area contributed by atoms with Crippen molar-refractivity contribution in [3.8, 4) is 0 Å². The molecule has 6 heteroatoms. The average Bonchev–Trinajstić information content (AvgIpc) is 3.16. The second-order valence-electron chi connectivity index (χ2n) is 9.00. The molecule has 2 heterocycles. The summed E-state index contributed by atoms with van der Waals surface area (Å²) < 4.78 is 2.24. The maximum atomic E-state index is 4.52. The highest BCUT2D eigenvalue weighted by Crippen LogP contribution is 2.35. The highest BCUT2D eigenvalue weighted by Gasteiger charge is 2.38. The van der Waals surface area contributed by atoms with E-state index in [1.807, 2.05) is 13.2 Å². The van der Waals surface area contributed by atoms with Crippen molar-refractivity contribution < 1.29 is 0 Å². The Morgan fingerprint density at radius 1 is 1.11 bits per heavy atom. The zero-order valence-corrected chi connectivity index (χ0v) is 18.2. The van der Waals surface area contributed by atoms with Gasteiger partial charge in [-0.3, -0.25) is 9.89 Å². The minimum Gasteiger partial charge on any atom is -0.355 e. The van der Waals surface area contributed by atoms with Crippen molar-refractivity contribution in [2.45, 2.75) is 83.8 Å². The van der Waals surface area contributed by atoms with Gasteiger partial charge >= 0.3 is 0 Å². The van der Waals surface area contributed by atoms with Crippen molar-refractivity contribution in [3.63, 3.8) is 0 Å². The summed E-state index contributed by atoms with van der Waals surface area (Å²) in [7, 11) is 1.87. The molecule has 3 rings (SSSR count). The van der Waals surface area contributed by atoms with Crippen LogP contribution in [0.2, 0.25) is 0 Å². The van der Waals surface area contributed by atoms with E-state index in [1.165, 1.54) is 64.5 Å². The number of nitrogens with zero attached hydrogens (tertiary/aromatic N) is 4. The van der Waals surface area contributed by atoms with Crippen LogP contribution in [0, 0.1) is 5.92 Å². The van der Waals surface area contributed by atoms with Crippen molar-refractivity contribution in [3.05, 3.63) is 18.2 Å². The van der Waals surface area contributed by atoms with E-state index in [2.05, 4.69) is 50.1 Å². The summed E-state index contributed by atoms with van der Waals surface area (Å²) in [6.45, 7) is 9.70. The largest absolute Gasteiger partial charge is 0.355 e. The van der Waals surface area contributed by atoms with E-state index in [4.69, 9.17) is 0 Å². The number of aromatic nitrogens is 2.